The average Bonchev–Trinajstić information content (AvgIpc) is 2.26. The molecule has 86 valence electrons. The van der Waals surface area contributed by atoms with Crippen molar-refractivity contribution in [2.75, 3.05) is 0 Å². The monoisotopic (exact) mass is 224 g/mol. The van der Waals surface area contributed by atoms with Gasteiger partial charge in [-0.05, 0) is 12.5 Å². The van der Waals surface area contributed by atoms with Gasteiger partial charge in [0.15, 0.2) is 0 Å². The first kappa shape index (κ1) is 12.2. The van der Waals surface area contributed by atoms with E-state index in [9.17, 15) is 9.18 Å². The third kappa shape index (κ3) is 3.34. The number of nitrogens with one attached hydrogen (secondary N) is 1. The van der Waals surface area contributed by atoms with Crippen molar-refractivity contribution < 1.29 is 14.3 Å². The normalized spacial score (nSPS) is 11.2. The smallest absolute Gasteiger partial charge is 0.352 e. The van der Waals surface area contributed by atoms with Crippen LogP contribution >= 0.6 is 0 Å². The minimum Gasteiger partial charge on any atom is -0.477 e. The number of carboxylic acid groups (broad SMARTS) is 1. The molecule has 1 aromatic carbocycles. The molecule has 1 rings (SSSR count). The van der Waals surface area contributed by atoms with E-state index in [2.05, 4.69) is 10.5 Å². The van der Waals surface area contributed by atoms with Gasteiger partial charge < -0.3 is 10.5 Å². The molecule has 0 amide bonds. The van der Waals surface area contributed by atoms with E-state index in [4.69, 9.17) is 5.11 Å². The van der Waals surface area contributed by atoms with E-state index in [1.165, 1.54) is 6.07 Å². The van der Waals surface area contributed by atoms with Crippen molar-refractivity contribution in [3.8, 4) is 0 Å². The summed E-state index contributed by atoms with van der Waals surface area (Å²) in [4.78, 5) is 10.6. The molecule has 16 heavy (non-hydrogen) atoms. The van der Waals surface area contributed by atoms with Gasteiger partial charge in [-0.25, -0.2) is 9.18 Å². The van der Waals surface area contributed by atoms with E-state index in [-0.39, 0.29) is 18.1 Å². The summed E-state index contributed by atoms with van der Waals surface area (Å²) >= 11 is 0. The van der Waals surface area contributed by atoms with E-state index in [0.29, 0.717) is 12.0 Å². The lowest BCUT2D eigenvalue weighted by molar-refractivity contribution is -0.129. The summed E-state index contributed by atoms with van der Waals surface area (Å²) in [5, 5.41) is 12.4. The number of hydrazone groups is 1. The molecule has 0 aliphatic rings. The van der Waals surface area contributed by atoms with Crippen LogP contribution in [0.15, 0.2) is 29.4 Å². The zero-order chi connectivity index (χ0) is 12.0. The highest BCUT2D eigenvalue weighted by Gasteiger charge is 2.05. The van der Waals surface area contributed by atoms with Crippen molar-refractivity contribution in [1.82, 2.24) is 5.43 Å². The van der Waals surface area contributed by atoms with E-state index in [1.807, 2.05) is 0 Å². The summed E-state index contributed by atoms with van der Waals surface area (Å²) in [5.41, 5.74) is 3.02. The fourth-order valence-electron chi connectivity index (χ4n) is 1.14. The SMILES string of the molecule is CC/C(=N\NCc1ccccc1F)C(=O)O. The molecule has 0 saturated carbocycles. The van der Waals surface area contributed by atoms with Crippen molar-refractivity contribution in [2.24, 2.45) is 5.10 Å². The van der Waals surface area contributed by atoms with Gasteiger partial charge in [-0.1, -0.05) is 25.1 Å². The molecule has 0 saturated heterocycles. The summed E-state index contributed by atoms with van der Waals surface area (Å²) < 4.78 is 13.1. The van der Waals surface area contributed by atoms with Gasteiger partial charge in [0.1, 0.15) is 11.5 Å². The maximum Gasteiger partial charge on any atom is 0.352 e. The van der Waals surface area contributed by atoms with Crippen LogP contribution in [0.5, 0.6) is 0 Å². The second-order valence-electron chi connectivity index (χ2n) is 3.14. The first-order valence-corrected chi connectivity index (χ1v) is 4.91. The molecule has 0 fully saturated rings. The van der Waals surface area contributed by atoms with Gasteiger partial charge in [0.25, 0.3) is 0 Å². The highest BCUT2D eigenvalue weighted by molar-refractivity contribution is 6.35. The number of carbonyl (C=O) groups is 1. The lowest BCUT2D eigenvalue weighted by Gasteiger charge is -2.03. The summed E-state index contributed by atoms with van der Waals surface area (Å²) in [6.45, 7) is 1.86. The third-order valence-corrected chi connectivity index (χ3v) is 2.02. The van der Waals surface area contributed by atoms with Gasteiger partial charge in [-0.3, -0.25) is 0 Å². The van der Waals surface area contributed by atoms with Crippen LogP contribution in [0.4, 0.5) is 4.39 Å². The standard InChI is InChI=1S/C11H13FN2O2/c1-2-10(11(15)16)14-13-7-8-5-3-4-6-9(8)12/h3-6,13H,2,7H2,1H3,(H,15,16)/b14-10+. The highest BCUT2D eigenvalue weighted by Crippen LogP contribution is 2.05. The largest absolute Gasteiger partial charge is 0.477 e. The van der Waals surface area contributed by atoms with Crippen molar-refractivity contribution in [3.05, 3.63) is 35.6 Å². The van der Waals surface area contributed by atoms with Crippen molar-refractivity contribution in [1.29, 1.82) is 0 Å². The van der Waals surface area contributed by atoms with E-state index in [0.717, 1.165) is 0 Å². The fourth-order valence-corrected chi connectivity index (χ4v) is 1.14. The van der Waals surface area contributed by atoms with Crippen LogP contribution in [0.25, 0.3) is 0 Å². The van der Waals surface area contributed by atoms with Crippen LogP contribution in [0.3, 0.4) is 0 Å². The quantitative estimate of drug-likeness (QED) is 0.591. The molecule has 0 bridgehead atoms. The lowest BCUT2D eigenvalue weighted by atomic mass is 10.2. The second kappa shape index (κ2) is 5.85. The molecule has 0 unspecified atom stereocenters. The maximum atomic E-state index is 13.1. The van der Waals surface area contributed by atoms with Crippen LogP contribution in [0.2, 0.25) is 0 Å². The minimum absolute atomic E-state index is 0.0244. The van der Waals surface area contributed by atoms with Crippen LogP contribution in [0.1, 0.15) is 18.9 Å². The Bertz CT molecular complexity index is 405. The second-order valence-corrected chi connectivity index (χ2v) is 3.14. The molecule has 0 aromatic heterocycles. The Morgan fingerprint density at radius 3 is 2.75 bits per heavy atom. The molecule has 0 heterocycles. The Labute approximate surface area is 92.8 Å². The fraction of sp³-hybridized carbons (Fsp3) is 0.273. The predicted molar refractivity (Wildman–Crippen MR) is 58.6 cm³/mol. The number of nitrogens with zero attached hydrogens (tertiary/aromatic N) is 1. The molecular weight excluding hydrogens is 211 g/mol. The maximum absolute atomic E-state index is 13.1. The number of hydrogen-bond donors (Lipinski definition) is 2. The number of rotatable bonds is 5. The Morgan fingerprint density at radius 1 is 1.50 bits per heavy atom. The summed E-state index contributed by atoms with van der Waals surface area (Å²) in [7, 11) is 0. The number of benzene rings is 1. The predicted octanol–water partition coefficient (Wildman–Crippen LogP) is 1.77. The van der Waals surface area contributed by atoms with Crippen LogP contribution in [-0.2, 0) is 11.3 Å². The summed E-state index contributed by atoms with van der Waals surface area (Å²) in [6.07, 6.45) is 0.319. The highest BCUT2D eigenvalue weighted by atomic mass is 19.1. The van der Waals surface area contributed by atoms with E-state index in [1.54, 1.807) is 25.1 Å². The number of carboxylic acids is 1. The molecule has 0 radical (unpaired) electrons. The topological polar surface area (TPSA) is 61.7 Å². The number of hydrogen-bond acceptors (Lipinski definition) is 3. The van der Waals surface area contributed by atoms with E-state index < -0.39 is 5.97 Å². The van der Waals surface area contributed by atoms with Crippen LogP contribution < -0.4 is 5.43 Å². The Hall–Kier alpha value is -1.91. The Kier molecular flexibility index (Phi) is 4.44. The molecule has 0 aliphatic carbocycles. The number of halogens is 1. The van der Waals surface area contributed by atoms with Gasteiger partial charge in [-0.2, -0.15) is 5.10 Å². The summed E-state index contributed by atoms with van der Waals surface area (Å²) in [5.74, 6) is -1.40. The molecular formula is C11H13FN2O2. The molecule has 0 spiro atoms. The number of aliphatic carboxylic acids is 1. The molecule has 1 aromatic rings. The summed E-state index contributed by atoms with van der Waals surface area (Å²) in [6, 6.07) is 6.27. The first-order valence-electron chi connectivity index (χ1n) is 4.91. The first-order chi connectivity index (χ1) is 7.65. The van der Waals surface area contributed by atoms with Gasteiger partial charge in [0.05, 0.1) is 6.54 Å². The zero-order valence-electron chi connectivity index (χ0n) is 8.90. The van der Waals surface area contributed by atoms with E-state index >= 15 is 0 Å². The molecule has 5 heteroatoms. The third-order valence-electron chi connectivity index (χ3n) is 2.02. The van der Waals surface area contributed by atoms with Crippen LogP contribution in [-0.4, -0.2) is 16.8 Å². The van der Waals surface area contributed by atoms with Crippen molar-refractivity contribution in [2.45, 2.75) is 19.9 Å². The Balaban J connectivity index is 2.59. The van der Waals surface area contributed by atoms with Crippen molar-refractivity contribution >= 4 is 11.7 Å². The van der Waals surface area contributed by atoms with Gasteiger partial charge in [0, 0.05) is 5.56 Å². The minimum atomic E-state index is -1.07. The molecule has 0 aliphatic heterocycles. The van der Waals surface area contributed by atoms with Gasteiger partial charge in [0.2, 0.25) is 0 Å². The van der Waals surface area contributed by atoms with Gasteiger partial charge in [-0.15, -0.1) is 0 Å². The van der Waals surface area contributed by atoms with Crippen LogP contribution in [0, 0.1) is 5.82 Å². The molecule has 0 atom stereocenters. The molecule has 2 N–H and O–H groups in total. The van der Waals surface area contributed by atoms with Gasteiger partial charge >= 0.3 is 5.97 Å². The van der Waals surface area contributed by atoms with Crippen molar-refractivity contribution in [3.63, 3.8) is 0 Å². The Morgan fingerprint density at radius 2 is 2.19 bits per heavy atom. The zero-order valence-corrected chi connectivity index (χ0v) is 8.90. The average molecular weight is 224 g/mol. The lowest BCUT2D eigenvalue weighted by Crippen LogP contribution is -2.17. The molecule has 4 nitrogen and oxygen atoms in total.